The number of halogens is 1. The first-order valence-corrected chi connectivity index (χ1v) is 14.4. The van der Waals surface area contributed by atoms with E-state index in [1.54, 1.807) is 0 Å². The van der Waals surface area contributed by atoms with Gasteiger partial charge in [-0.2, -0.15) is 4.31 Å². The number of thiazole rings is 1. The summed E-state index contributed by atoms with van der Waals surface area (Å²) >= 11 is 1.34. The molecule has 2 heterocycles. The van der Waals surface area contributed by atoms with Gasteiger partial charge in [0.05, 0.1) is 16.5 Å². The number of anilines is 1. The zero-order chi connectivity index (χ0) is 25.8. The standard InChI is InChI=1S/C28H26FN3O3S2/c29-24-12-14-25(15-13-24)37(34,35)32-16-4-7-23(18-32)27(33)31-28-30-26(19-36-28)22-10-8-21(9-11-22)17-20-5-2-1-3-6-20/h1-3,5-6,8-15,19,23H,4,7,16-18H2,(H,30,31,33). The van der Waals surface area contributed by atoms with Crippen LogP contribution >= 0.6 is 11.3 Å². The number of carbonyl (C=O) groups excluding carboxylic acids is 1. The van der Waals surface area contributed by atoms with E-state index in [-0.39, 0.29) is 17.3 Å². The highest BCUT2D eigenvalue weighted by atomic mass is 32.2. The maximum absolute atomic E-state index is 13.2. The number of nitrogens with zero attached hydrogens (tertiary/aromatic N) is 2. The number of hydrogen-bond donors (Lipinski definition) is 1. The average molecular weight is 536 g/mol. The Kier molecular flexibility index (Phi) is 7.45. The Hall–Kier alpha value is -3.40. The van der Waals surface area contributed by atoms with E-state index in [9.17, 15) is 17.6 Å². The molecular formula is C28H26FN3O3S2. The largest absolute Gasteiger partial charge is 0.302 e. The zero-order valence-corrected chi connectivity index (χ0v) is 21.6. The quantitative estimate of drug-likeness (QED) is 0.335. The van der Waals surface area contributed by atoms with E-state index < -0.39 is 21.8 Å². The number of rotatable bonds is 7. The van der Waals surface area contributed by atoms with Crippen LogP contribution < -0.4 is 5.32 Å². The maximum atomic E-state index is 13.2. The van der Waals surface area contributed by atoms with Crippen molar-refractivity contribution in [1.82, 2.24) is 9.29 Å². The molecule has 0 radical (unpaired) electrons. The second kappa shape index (κ2) is 10.9. The van der Waals surface area contributed by atoms with E-state index in [0.717, 1.165) is 29.8 Å². The zero-order valence-electron chi connectivity index (χ0n) is 20.0. The third-order valence-corrected chi connectivity index (χ3v) is 9.08. The number of benzene rings is 3. The summed E-state index contributed by atoms with van der Waals surface area (Å²) in [5, 5.41) is 5.24. The van der Waals surface area contributed by atoms with Gasteiger partial charge in [0.2, 0.25) is 15.9 Å². The molecule has 4 aromatic rings. The molecule has 0 spiro atoms. The summed E-state index contributed by atoms with van der Waals surface area (Å²) in [7, 11) is -3.80. The van der Waals surface area contributed by atoms with E-state index in [2.05, 4.69) is 34.6 Å². The molecule has 1 aliphatic heterocycles. The molecular weight excluding hydrogens is 509 g/mol. The molecule has 5 rings (SSSR count). The molecule has 1 N–H and O–H groups in total. The van der Waals surface area contributed by atoms with Crippen LogP contribution in [0.2, 0.25) is 0 Å². The molecule has 9 heteroatoms. The number of nitrogens with one attached hydrogen (secondary N) is 1. The van der Waals surface area contributed by atoms with Gasteiger partial charge >= 0.3 is 0 Å². The van der Waals surface area contributed by atoms with Crippen molar-refractivity contribution in [2.45, 2.75) is 24.2 Å². The molecule has 0 saturated carbocycles. The first kappa shape index (κ1) is 25.3. The van der Waals surface area contributed by atoms with Crippen molar-refractivity contribution in [3.05, 3.63) is 101 Å². The summed E-state index contributed by atoms with van der Waals surface area (Å²) < 4.78 is 40.5. The average Bonchev–Trinajstić information content (AvgIpc) is 3.38. The Labute approximate surface area is 219 Å². The number of piperidine rings is 1. The van der Waals surface area contributed by atoms with Crippen LogP contribution in [0.15, 0.2) is 89.1 Å². The minimum Gasteiger partial charge on any atom is -0.302 e. The summed E-state index contributed by atoms with van der Waals surface area (Å²) in [5.41, 5.74) is 4.19. The Morgan fingerprint density at radius 3 is 2.43 bits per heavy atom. The molecule has 3 aromatic carbocycles. The lowest BCUT2D eigenvalue weighted by Gasteiger charge is -2.31. The molecule has 1 saturated heterocycles. The molecule has 1 aliphatic rings. The van der Waals surface area contributed by atoms with Crippen molar-refractivity contribution in [2.75, 3.05) is 18.4 Å². The fraction of sp³-hybridized carbons (Fsp3) is 0.214. The minimum absolute atomic E-state index is 0.0225. The number of hydrogen-bond acceptors (Lipinski definition) is 5. The summed E-state index contributed by atoms with van der Waals surface area (Å²) in [6, 6.07) is 23.2. The molecule has 1 amide bonds. The lowest BCUT2D eigenvalue weighted by atomic mass is 9.99. The van der Waals surface area contributed by atoms with E-state index in [1.807, 2.05) is 35.7 Å². The van der Waals surface area contributed by atoms with Crippen LogP contribution in [0.4, 0.5) is 9.52 Å². The normalized spacial score (nSPS) is 16.4. The van der Waals surface area contributed by atoms with Gasteiger partial charge in [0.25, 0.3) is 0 Å². The van der Waals surface area contributed by atoms with Gasteiger partial charge in [-0.15, -0.1) is 11.3 Å². The lowest BCUT2D eigenvalue weighted by Crippen LogP contribution is -2.43. The molecule has 190 valence electrons. The van der Waals surface area contributed by atoms with E-state index in [1.165, 1.54) is 38.9 Å². The first-order chi connectivity index (χ1) is 17.9. The smallest absolute Gasteiger partial charge is 0.243 e. The molecule has 1 aromatic heterocycles. The predicted molar refractivity (Wildman–Crippen MR) is 143 cm³/mol. The van der Waals surface area contributed by atoms with Crippen LogP contribution in [-0.4, -0.2) is 36.7 Å². The minimum atomic E-state index is -3.80. The van der Waals surface area contributed by atoms with Gasteiger partial charge in [0, 0.05) is 24.0 Å². The van der Waals surface area contributed by atoms with Crippen LogP contribution in [-0.2, 0) is 21.2 Å². The van der Waals surface area contributed by atoms with Gasteiger partial charge in [0.1, 0.15) is 5.82 Å². The third kappa shape index (κ3) is 5.95. The number of amides is 1. The number of sulfonamides is 1. The Balaban J connectivity index is 1.21. The topological polar surface area (TPSA) is 79.4 Å². The summed E-state index contributed by atoms with van der Waals surface area (Å²) in [6.07, 6.45) is 2.01. The molecule has 1 unspecified atom stereocenters. The van der Waals surface area contributed by atoms with Gasteiger partial charge < -0.3 is 5.32 Å². The Morgan fingerprint density at radius 2 is 1.70 bits per heavy atom. The van der Waals surface area contributed by atoms with Gasteiger partial charge in [-0.05, 0) is 54.7 Å². The molecule has 1 fully saturated rings. The molecule has 0 bridgehead atoms. The predicted octanol–water partition coefficient (Wildman–Crippen LogP) is 5.58. The highest BCUT2D eigenvalue weighted by Gasteiger charge is 2.33. The third-order valence-electron chi connectivity index (χ3n) is 6.44. The second-order valence-electron chi connectivity index (χ2n) is 9.04. The highest BCUT2D eigenvalue weighted by Crippen LogP contribution is 2.28. The van der Waals surface area contributed by atoms with Crippen molar-refractivity contribution in [3.63, 3.8) is 0 Å². The van der Waals surface area contributed by atoms with Gasteiger partial charge in [-0.25, -0.2) is 17.8 Å². The van der Waals surface area contributed by atoms with Crippen LogP contribution in [0.1, 0.15) is 24.0 Å². The molecule has 6 nitrogen and oxygen atoms in total. The fourth-order valence-corrected chi connectivity index (χ4v) is 6.67. The molecule has 0 aliphatic carbocycles. The lowest BCUT2D eigenvalue weighted by molar-refractivity contribution is -0.120. The fourth-order valence-electron chi connectivity index (χ4n) is 4.43. The van der Waals surface area contributed by atoms with E-state index in [0.29, 0.717) is 24.5 Å². The Morgan fingerprint density at radius 1 is 1.00 bits per heavy atom. The second-order valence-corrected chi connectivity index (χ2v) is 11.8. The van der Waals surface area contributed by atoms with Crippen LogP contribution in [0.3, 0.4) is 0 Å². The maximum Gasteiger partial charge on any atom is 0.243 e. The molecule has 1 atom stereocenters. The van der Waals surface area contributed by atoms with Crippen LogP contribution in [0.5, 0.6) is 0 Å². The van der Waals surface area contributed by atoms with Crippen molar-refractivity contribution in [3.8, 4) is 11.3 Å². The summed E-state index contributed by atoms with van der Waals surface area (Å²) in [6.45, 7) is 0.401. The van der Waals surface area contributed by atoms with Gasteiger partial charge in [-0.3, -0.25) is 4.79 Å². The van der Waals surface area contributed by atoms with Crippen LogP contribution in [0.25, 0.3) is 11.3 Å². The van der Waals surface area contributed by atoms with Crippen molar-refractivity contribution in [1.29, 1.82) is 0 Å². The number of aromatic nitrogens is 1. The number of carbonyl (C=O) groups is 1. The van der Waals surface area contributed by atoms with Gasteiger partial charge in [-0.1, -0.05) is 54.6 Å². The Bertz CT molecular complexity index is 1470. The monoisotopic (exact) mass is 535 g/mol. The highest BCUT2D eigenvalue weighted by molar-refractivity contribution is 7.89. The summed E-state index contributed by atoms with van der Waals surface area (Å²) in [5.74, 6) is -1.24. The van der Waals surface area contributed by atoms with Crippen molar-refractivity contribution >= 4 is 32.4 Å². The van der Waals surface area contributed by atoms with Crippen molar-refractivity contribution < 1.29 is 17.6 Å². The van der Waals surface area contributed by atoms with E-state index in [4.69, 9.17) is 0 Å². The molecule has 37 heavy (non-hydrogen) atoms. The van der Waals surface area contributed by atoms with Gasteiger partial charge in [0.15, 0.2) is 5.13 Å². The van der Waals surface area contributed by atoms with E-state index >= 15 is 0 Å². The van der Waals surface area contributed by atoms with Crippen LogP contribution in [0, 0.1) is 11.7 Å². The SMILES string of the molecule is O=C(Nc1nc(-c2ccc(Cc3ccccc3)cc2)cs1)C1CCCN(S(=O)(=O)c2ccc(F)cc2)C1. The van der Waals surface area contributed by atoms with Crippen molar-refractivity contribution in [2.24, 2.45) is 5.92 Å². The summed E-state index contributed by atoms with van der Waals surface area (Å²) in [4.78, 5) is 17.6. The first-order valence-electron chi connectivity index (χ1n) is 12.0.